The Bertz CT molecular complexity index is 588. The second-order valence-electron chi connectivity index (χ2n) is 5.55. The number of hydrogen-bond donors (Lipinski definition) is 8. The molecule has 10 N–H and O–H groups in total. The molecule has 27 heavy (non-hydrogen) atoms. The molecule has 0 saturated heterocycles. The number of carboxylic acid groups (broad SMARTS) is 1. The van der Waals surface area contributed by atoms with Gasteiger partial charge in [-0.15, -0.1) is 0 Å². The number of likely N-dealkylation sites (N-methyl/N-ethyl adjacent to an activating group) is 1. The van der Waals surface area contributed by atoms with Crippen molar-refractivity contribution in [2.75, 3.05) is 13.7 Å². The molecule has 4 amide bonds. The number of urea groups is 1. The van der Waals surface area contributed by atoms with E-state index >= 15 is 0 Å². The molecule has 13 nitrogen and oxygen atoms in total. The number of rotatable bonds is 9. The van der Waals surface area contributed by atoms with E-state index in [1.165, 1.54) is 14.0 Å². The van der Waals surface area contributed by atoms with Gasteiger partial charge in [0, 0.05) is 7.05 Å². The Morgan fingerprint density at radius 3 is 2.11 bits per heavy atom. The standard InChI is InChI=1S/C13H24N6O7S/c1-5(21)9(15)10(23)18-19(2)11(27)6(3-8(14)22)16-13(26)17-7(4-20)12(24)25/h5-7,9,20-21H,3-4,15H2,1-2H3,(H2,14,22)(H,18,23)(H,24,25)(H2,16,17,26). The summed E-state index contributed by atoms with van der Waals surface area (Å²) in [6.45, 7) is 0.450. The van der Waals surface area contributed by atoms with Gasteiger partial charge in [-0.2, -0.15) is 0 Å². The number of carboxylic acids is 1. The van der Waals surface area contributed by atoms with E-state index in [9.17, 15) is 24.3 Å². The van der Waals surface area contributed by atoms with Gasteiger partial charge in [0.1, 0.15) is 11.0 Å². The van der Waals surface area contributed by atoms with Crippen molar-refractivity contribution in [3.63, 3.8) is 0 Å². The minimum atomic E-state index is -1.57. The highest BCUT2D eigenvalue weighted by Crippen LogP contribution is 2.00. The average molecular weight is 408 g/mol. The zero-order valence-electron chi connectivity index (χ0n) is 14.7. The first-order valence-corrected chi connectivity index (χ1v) is 8.02. The molecule has 0 spiro atoms. The number of carbonyl (C=O) groups is 4. The number of hydrogen-bond acceptors (Lipinski definition) is 8. The Morgan fingerprint density at radius 2 is 1.70 bits per heavy atom. The Hall–Kier alpha value is -2.55. The van der Waals surface area contributed by atoms with Gasteiger partial charge in [0.2, 0.25) is 5.91 Å². The molecule has 0 saturated carbocycles. The summed E-state index contributed by atoms with van der Waals surface area (Å²) < 4.78 is 0. The van der Waals surface area contributed by atoms with Gasteiger partial charge in [0.25, 0.3) is 5.91 Å². The maximum absolute atomic E-state index is 11.9. The van der Waals surface area contributed by atoms with Crippen molar-refractivity contribution in [1.29, 1.82) is 0 Å². The van der Waals surface area contributed by atoms with Crippen LogP contribution in [-0.4, -0.2) is 87.0 Å². The van der Waals surface area contributed by atoms with Gasteiger partial charge < -0.3 is 37.4 Å². The van der Waals surface area contributed by atoms with Gasteiger partial charge in [-0.05, 0) is 6.92 Å². The number of primary amides is 1. The van der Waals surface area contributed by atoms with Crippen LogP contribution < -0.4 is 27.5 Å². The van der Waals surface area contributed by atoms with Crippen LogP contribution in [0.15, 0.2) is 0 Å². The first-order chi connectivity index (χ1) is 12.4. The number of aliphatic hydroxyl groups is 2. The lowest BCUT2D eigenvalue weighted by Gasteiger charge is -2.28. The van der Waals surface area contributed by atoms with E-state index < -0.39 is 61.1 Å². The third-order valence-electron chi connectivity index (χ3n) is 3.23. The highest BCUT2D eigenvalue weighted by molar-refractivity contribution is 7.80. The lowest BCUT2D eigenvalue weighted by molar-refractivity contribution is -0.140. The van der Waals surface area contributed by atoms with Gasteiger partial charge in [-0.25, -0.2) is 9.59 Å². The van der Waals surface area contributed by atoms with Gasteiger partial charge in [-0.3, -0.25) is 20.0 Å². The second-order valence-corrected chi connectivity index (χ2v) is 5.97. The van der Waals surface area contributed by atoms with Crippen LogP contribution in [0.3, 0.4) is 0 Å². The van der Waals surface area contributed by atoms with E-state index in [1.54, 1.807) is 0 Å². The van der Waals surface area contributed by atoms with Crippen molar-refractivity contribution in [2.24, 2.45) is 11.5 Å². The van der Waals surface area contributed by atoms with Crippen LogP contribution in [0.5, 0.6) is 0 Å². The molecule has 0 aliphatic heterocycles. The third kappa shape index (κ3) is 8.59. The first-order valence-electron chi connectivity index (χ1n) is 7.61. The minimum Gasteiger partial charge on any atom is -0.480 e. The summed E-state index contributed by atoms with van der Waals surface area (Å²) in [6.07, 6.45) is -1.59. The zero-order chi connectivity index (χ0) is 21.3. The van der Waals surface area contributed by atoms with Crippen LogP contribution in [0.25, 0.3) is 0 Å². The van der Waals surface area contributed by atoms with Crippen LogP contribution >= 0.6 is 12.2 Å². The zero-order valence-corrected chi connectivity index (χ0v) is 15.5. The van der Waals surface area contributed by atoms with Gasteiger partial charge in [0.15, 0.2) is 6.04 Å². The number of carbonyl (C=O) groups excluding carboxylic acids is 3. The number of nitrogens with zero attached hydrogens (tertiary/aromatic N) is 1. The molecule has 14 heteroatoms. The van der Waals surface area contributed by atoms with Crippen LogP contribution in [0, 0.1) is 0 Å². The molecule has 0 aromatic heterocycles. The second kappa shape index (κ2) is 11.2. The number of nitrogens with one attached hydrogen (secondary N) is 3. The summed E-state index contributed by atoms with van der Waals surface area (Å²) in [5.41, 5.74) is 12.9. The smallest absolute Gasteiger partial charge is 0.328 e. The van der Waals surface area contributed by atoms with E-state index in [1.807, 2.05) is 5.32 Å². The van der Waals surface area contributed by atoms with E-state index in [2.05, 4.69) is 10.7 Å². The Morgan fingerprint density at radius 1 is 1.19 bits per heavy atom. The maximum atomic E-state index is 11.9. The van der Waals surface area contributed by atoms with Crippen molar-refractivity contribution in [2.45, 2.75) is 37.6 Å². The van der Waals surface area contributed by atoms with Gasteiger partial charge in [-0.1, -0.05) is 12.2 Å². The third-order valence-corrected chi connectivity index (χ3v) is 3.78. The summed E-state index contributed by atoms with van der Waals surface area (Å²) in [4.78, 5) is 45.6. The van der Waals surface area contributed by atoms with Crippen molar-refractivity contribution in [1.82, 2.24) is 21.1 Å². The number of aliphatic hydroxyl groups excluding tert-OH is 2. The number of aliphatic carboxylic acids is 1. The summed E-state index contributed by atoms with van der Waals surface area (Å²) in [7, 11) is 1.30. The fraction of sp³-hybridized carbons (Fsp3) is 0.615. The molecule has 0 aromatic rings. The summed E-state index contributed by atoms with van der Waals surface area (Å²) in [6, 6.07) is -5.04. The number of nitrogens with two attached hydrogens (primary N) is 2. The molecule has 0 rings (SSSR count). The van der Waals surface area contributed by atoms with Gasteiger partial charge in [0.05, 0.1) is 25.2 Å². The van der Waals surface area contributed by atoms with Crippen molar-refractivity contribution in [3.8, 4) is 0 Å². The van der Waals surface area contributed by atoms with Crippen molar-refractivity contribution >= 4 is 41.0 Å². The number of amides is 4. The number of thiocarbonyl (C=S) groups is 1. The molecule has 0 aliphatic carbocycles. The van der Waals surface area contributed by atoms with Crippen molar-refractivity contribution < 1.29 is 34.5 Å². The number of hydrazine groups is 1. The molecule has 4 atom stereocenters. The van der Waals surface area contributed by atoms with E-state index in [-0.39, 0.29) is 4.99 Å². The predicted octanol–water partition coefficient (Wildman–Crippen LogP) is -4.03. The normalized spacial score (nSPS) is 14.9. The molecule has 0 heterocycles. The molecule has 4 unspecified atom stereocenters. The molecule has 0 aromatic carbocycles. The Kier molecular flexibility index (Phi) is 10.2. The molecule has 0 bridgehead atoms. The largest absolute Gasteiger partial charge is 0.480 e. The van der Waals surface area contributed by atoms with Gasteiger partial charge >= 0.3 is 12.0 Å². The highest BCUT2D eigenvalue weighted by Gasteiger charge is 2.27. The Labute approximate surface area is 160 Å². The predicted molar refractivity (Wildman–Crippen MR) is 95.9 cm³/mol. The fourth-order valence-electron chi connectivity index (χ4n) is 1.69. The summed E-state index contributed by atoms with van der Waals surface area (Å²) in [5.74, 6) is -3.08. The molecule has 0 fully saturated rings. The molecule has 0 aliphatic rings. The van der Waals surface area contributed by atoms with Crippen LogP contribution in [-0.2, 0) is 14.4 Å². The average Bonchev–Trinajstić information content (AvgIpc) is 2.56. The monoisotopic (exact) mass is 408 g/mol. The molecular weight excluding hydrogens is 384 g/mol. The van der Waals surface area contributed by atoms with Crippen LogP contribution in [0.4, 0.5) is 4.79 Å². The van der Waals surface area contributed by atoms with E-state index in [0.717, 1.165) is 5.01 Å². The van der Waals surface area contributed by atoms with E-state index in [0.29, 0.717) is 0 Å². The highest BCUT2D eigenvalue weighted by atomic mass is 32.1. The molecule has 0 radical (unpaired) electrons. The lowest BCUT2D eigenvalue weighted by atomic mass is 10.2. The van der Waals surface area contributed by atoms with Crippen LogP contribution in [0.2, 0.25) is 0 Å². The lowest BCUT2D eigenvalue weighted by Crippen LogP contribution is -2.59. The Balaban J connectivity index is 5.08. The minimum absolute atomic E-state index is 0.147. The quantitative estimate of drug-likeness (QED) is 0.136. The topological polar surface area (TPSA) is 220 Å². The van der Waals surface area contributed by atoms with E-state index in [4.69, 9.17) is 33.9 Å². The fourth-order valence-corrected chi connectivity index (χ4v) is 1.88. The maximum Gasteiger partial charge on any atom is 0.328 e. The SMILES string of the molecule is CC(O)C(N)C(=O)NN(C)C(=S)C(CC(N)=O)NC(=O)NC(CO)C(=O)O. The molecular formula is C13H24N6O7S. The van der Waals surface area contributed by atoms with Crippen LogP contribution in [0.1, 0.15) is 13.3 Å². The first kappa shape index (κ1) is 24.5. The van der Waals surface area contributed by atoms with Crippen molar-refractivity contribution in [3.05, 3.63) is 0 Å². The summed E-state index contributed by atoms with van der Waals surface area (Å²) in [5, 5.41) is 32.2. The molecule has 154 valence electrons. The summed E-state index contributed by atoms with van der Waals surface area (Å²) >= 11 is 5.09.